The Morgan fingerprint density at radius 1 is 1.27 bits per heavy atom. The number of amides is 1. The summed E-state index contributed by atoms with van der Waals surface area (Å²) in [5.74, 6) is -7.95. The Morgan fingerprint density at radius 2 is 1.96 bits per heavy atom. The smallest absolute Gasteiger partial charge is 0.471 e. The number of nitrogens with zero attached hydrogens (tertiary/aromatic N) is 3. The maximum absolute atomic E-state index is 14.4. The van der Waals surface area contributed by atoms with E-state index in [0.29, 0.717) is 4.90 Å². The van der Waals surface area contributed by atoms with Gasteiger partial charge in [0.15, 0.2) is 11.6 Å². The zero-order chi connectivity index (χ0) is 19.2. The van der Waals surface area contributed by atoms with Gasteiger partial charge in [0.25, 0.3) is 0 Å². The van der Waals surface area contributed by atoms with E-state index in [9.17, 15) is 31.5 Å². The number of benzene rings is 1. The Morgan fingerprint density at radius 3 is 2.54 bits per heavy atom. The number of hydrogen-bond donors (Lipinski definition) is 1. The van der Waals surface area contributed by atoms with Crippen molar-refractivity contribution < 1.29 is 41.2 Å². The summed E-state index contributed by atoms with van der Waals surface area (Å²) in [4.78, 5) is 26.5. The molecule has 2 heterocycles. The predicted octanol–water partition coefficient (Wildman–Crippen LogP) is 2.61. The van der Waals surface area contributed by atoms with Crippen LogP contribution in [0.1, 0.15) is 18.7 Å². The normalized spacial score (nSPS) is 17.8. The fraction of sp³-hybridized carbons (Fsp3) is 0.286. The maximum Gasteiger partial charge on any atom is 0.471 e. The first-order valence-corrected chi connectivity index (χ1v) is 7.05. The van der Waals surface area contributed by atoms with Crippen LogP contribution in [0.25, 0.3) is 11.4 Å². The van der Waals surface area contributed by atoms with Crippen LogP contribution in [0.4, 0.5) is 27.6 Å². The summed E-state index contributed by atoms with van der Waals surface area (Å²) in [5.41, 5.74) is -1.37. The van der Waals surface area contributed by atoms with E-state index in [0.717, 1.165) is 12.1 Å². The molecule has 12 heteroatoms. The van der Waals surface area contributed by atoms with Crippen LogP contribution in [0.5, 0.6) is 0 Å². The monoisotopic (exact) mass is 377 g/mol. The predicted molar refractivity (Wildman–Crippen MR) is 72.8 cm³/mol. The van der Waals surface area contributed by atoms with E-state index in [1.165, 1.54) is 0 Å². The lowest BCUT2D eigenvalue weighted by Gasteiger charge is -2.22. The fourth-order valence-electron chi connectivity index (χ4n) is 2.57. The molecule has 138 valence electrons. The van der Waals surface area contributed by atoms with Gasteiger partial charge < -0.3 is 9.63 Å². The second-order valence-electron chi connectivity index (χ2n) is 5.34. The minimum Gasteiger partial charge on any atom is -0.480 e. The molecule has 2 aromatic rings. The molecule has 1 N–H and O–H groups in total. The van der Waals surface area contributed by atoms with Gasteiger partial charge in [-0.25, -0.2) is 13.6 Å². The van der Waals surface area contributed by atoms with E-state index in [1.54, 1.807) is 0 Å². The lowest BCUT2D eigenvalue weighted by molar-refractivity contribution is -0.159. The SMILES string of the molecule is O=C(O)C1CCC(=O)N1c1ccc(-c2noc(C(F)(F)F)n2)c(F)c1F. The minimum absolute atomic E-state index is 0.0865. The van der Waals surface area contributed by atoms with E-state index >= 15 is 0 Å². The maximum atomic E-state index is 14.4. The molecule has 1 atom stereocenters. The number of aliphatic carboxylic acids is 1. The van der Waals surface area contributed by atoms with Crippen molar-refractivity contribution in [3.8, 4) is 11.4 Å². The molecule has 3 rings (SSSR count). The molecule has 0 saturated carbocycles. The van der Waals surface area contributed by atoms with Gasteiger partial charge in [-0.2, -0.15) is 18.2 Å². The molecule has 0 radical (unpaired) electrons. The van der Waals surface area contributed by atoms with Gasteiger partial charge in [-0.05, 0) is 18.6 Å². The molecule has 26 heavy (non-hydrogen) atoms. The number of rotatable bonds is 3. The van der Waals surface area contributed by atoms with E-state index in [4.69, 9.17) is 5.11 Å². The molecule has 7 nitrogen and oxygen atoms in total. The third kappa shape index (κ3) is 2.86. The van der Waals surface area contributed by atoms with Gasteiger partial charge in [0.2, 0.25) is 11.7 Å². The number of halogens is 5. The highest BCUT2D eigenvalue weighted by Gasteiger charge is 2.40. The summed E-state index contributed by atoms with van der Waals surface area (Å²) >= 11 is 0. The van der Waals surface area contributed by atoms with Crippen molar-refractivity contribution in [2.75, 3.05) is 4.90 Å². The fourth-order valence-corrected chi connectivity index (χ4v) is 2.57. The first kappa shape index (κ1) is 17.8. The third-order valence-corrected chi connectivity index (χ3v) is 3.73. The number of alkyl halides is 3. The third-order valence-electron chi connectivity index (χ3n) is 3.73. The van der Waals surface area contributed by atoms with Crippen molar-refractivity contribution in [1.29, 1.82) is 0 Å². The van der Waals surface area contributed by atoms with E-state index in [2.05, 4.69) is 14.7 Å². The van der Waals surface area contributed by atoms with Crippen molar-refractivity contribution in [3.05, 3.63) is 29.7 Å². The van der Waals surface area contributed by atoms with Gasteiger partial charge in [0, 0.05) is 6.42 Å². The van der Waals surface area contributed by atoms with Gasteiger partial charge >= 0.3 is 18.0 Å². The number of hydrogen-bond acceptors (Lipinski definition) is 5. The quantitative estimate of drug-likeness (QED) is 0.826. The van der Waals surface area contributed by atoms with Gasteiger partial charge in [-0.3, -0.25) is 9.69 Å². The lowest BCUT2D eigenvalue weighted by Crippen LogP contribution is -2.39. The van der Waals surface area contributed by atoms with Gasteiger partial charge in [0.1, 0.15) is 6.04 Å². The minimum atomic E-state index is -4.96. The van der Waals surface area contributed by atoms with Crippen molar-refractivity contribution in [3.63, 3.8) is 0 Å². The number of anilines is 1. The Kier molecular flexibility index (Phi) is 4.12. The van der Waals surface area contributed by atoms with Crippen molar-refractivity contribution >= 4 is 17.6 Å². The molecule has 1 saturated heterocycles. The van der Waals surface area contributed by atoms with Crippen LogP contribution >= 0.6 is 0 Å². The molecule has 0 aliphatic carbocycles. The highest BCUT2D eigenvalue weighted by Crippen LogP contribution is 2.35. The van der Waals surface area contributed by atoms with Crippen LogP contribution in [0.3, 0.4) is 0 Å². The molecule has 0 bridgehead atoms. The number of carboxylic acids is 1. The average molecular weight is 377 g/mol. The number of carbonyl (C=O) groups is 2. The van der Waals surface area contributed by atoms with E-state index in [-0.39, 0.29) is 12.8 Å². The van der Waals surface area contributed by atoms with Crippen LogP contribution in [0, 0.1) is 11.6 Å². The number of aromatic nitrogens is 2. The standard InChI is InChI=1S/C14H8F5N3O4/c15-9-5(11-20-13(26-21-11)14(17,18)19)1-2-6(10(9)16)22-7(12(24)25)3-4-8(22)23/h1-2,7H,3-4H2,(H,24,25). The lowest BCUT2D eigenvalue weighted by atomic mass is 10.1. The molecule has 1 fully saturated rings. The molecule has 1 aliphatic heterocycles. The van der Waals surface area contributed by atoms with Crippen molar-refractivity contribution in [1.82, 2.24) is 10.1 Å². The summed E-state index contributed by atoms with van der Waals surface area (Å²) in [6.45, 7) is 0. The number of carboxylic acid groups (broad SMARTS) is 1. The Labute approximate surface area is 141 Å². The van der Waals surface area contributed by atoms with Crippen LogP contribution in [0.15, 0.2) is 16.7 Å². The molecule has 1 aliphatic rings. The first-order chi connectivity index (χ1) is 12.1. The number of carbonyl (C=O) groups excluding carboxylic acids is 1. The second kappa shape index (κ2) is 6.04. The molecule has 1 aromatic heterocycles. The molecule has 0 spiro atoms. The average Bonchev–Trinajstić information content (AvgIpc) is 3.17. The van der Waals surface area contributed by atoms with E-state index in [1.807, 2.05) is 0 Å². The summed E-state index contributed by atoms with van der Waals surface area (Å²) < 4.78 is 70.0. The topological polar surface area (TPSA) is 96.5 Å². The molecule has 1 amide bonds. The summed E-state index contributed by atoms with van der Waals surface area (Å²) in [6, 6.07) is 0.337. The largest absolute Gasteiger partial charge is 0.480 e. The second-order valence-corrected chi connectivity index (χ2v) is 5.34. The Hall–Kier alpha value is -3.05. The van der Waals surface area contributed by atoms with Crippen molar-refractivity contribution in [2.24, 2.45) is 0 Å². The zero-order valence-electron chi connectivity index (χ0n) is 12.5. The molecule has 1 unspecified atom stereocenters. The van der Waals surface area contributed by atoms with Gasteiger partial charge in [-0.15, -0.1) is 0 Å². The summed E-state index contributed by atoms with van der Waals surface area (Å²) in [6.07, 6.45) is -5.22. The van der Waals surface area contributed by atoms with Crippen LogP contribution in [-0.4, -0.2) is 33.2 Å². The Balaban J connectivity index is 2.03. The zero-order valence-corrected chi connectivity index (χ0v) is 12.5. The first-order valence-electron chi connectivity index (χ1n) is 7.05. The van der Waals surface area contributed by atoms with Crippen molar-refractivity contribution in [2.45, 2.75) is 25.1 Å². The summed E-state index contributed by atoms with van der Waals surface area (Å²) in [7, 11) is 0. The highest BCUT2D eigenvalue weighted by molar-refractivity contribution is 6.02. The molecule has 1 aromatic carbocycles. The van der Waals surface area contributed by atoms with Crippen LogP contribution in [0.2, 0.25) is 0 Å². The summed E-state index contributed by atoms with van der Waals surface area (Å²) in [5, 5.41) is 12.0. The van der Waals surface area contributed by atoms with Gasteiger partial charge in [0.05, 0.1) is 11.3 Å². The molecular weight excluding hydrogens is 369 g/mol. The molecular formula is C14H8F5N3O4. The van der Waals surface area contributed by atoms with Crippen LogP contribution < -0.4 is 4.90 Å². The van der Waals surface area contributed by atoms with E-state index < -0.39 is 58.7 Å². The van der Waals surface area contributed by atoms with Gasteiger partial charge in [-0.1, -0.05) is 5.16 Å². The van der Waals surface area contributed by atoms with Crippen LogP contribution in [-0.2, 0) is 15.8 Å². The Bertz CT molecular complexity index is 895. The highest BCUT2D eigenvalue weighted by atomic mass is 19.4.